The number of aliphatic hydroxyl groups excluding tert-OH is 1. The van der Waals surface area contributed by atoms with Crippen LogP contribution in [0, 0.1) is 5.92 Å². The summed E-state index contributed by atoms with van der Waals surface area (Å²) in [5, 5.41) is 12.8. The van der Waals surface area contributed by atoms with Crippen molar-refractivity contribution in [2.45, 2.75) is 44.2 Å². The van der Waals surface area contributed by atoms with E-state index in [4.69, 9.17) is 9.47 Å². The molecule has 1 atom stereocenters. The van der Waals surface area contributed by atoms with Gasteiger partial charge in [0, 0.05) is 13.7 Å². The topological polar surface area (TPSA) is 50.7 Å². The predicted octanol–water partition coefficient (Wildman–Crippen LogP) is 1.18. The zero-order chi connectivity index (χ0) is 12.9. The van der Waals surface area contributed by atoms with Gasteiger partial charge in [0.05, 0.1) is 24.4 Å². The summed E-state index contributed by atoms with van der Waals surface area (Å²) in [5.74, 6) is 0.563. The van der Waals surface area contributed by atoms with E-state index in [9.17, 15) is 5.11 Å². The molecule has 0 amide bonds. The number of rotatable bonds is 9. The lowest BCUT2D eigenvalue weighted by Crippen LogP contribution is -2.52. The van der Waals surface area contributed by atoms with E-state index in [2.05, 4.69) is 19.2 Å². The van der Waals surface area contributed by atoms with E-state index in [-0.39, 0.29) is 17.7 Å². The van der Waals surface area contributed by atoms with Gasteiger partial charge in [-0.25, -0.2) is 0 Å². The molecule has 1 fully saturated rings. The minimum absolute atomic E-state index is 0.138. The molecule has 4 nitrogen and oxygen atoms in total. The van der Waals surface area contributed by atoms with Crippen molar-refractivity contribution in [2.75, 3.05) is 34.0 Å². The number of methoxy groups -OCH3 is 1. The fraction of sp³-hybridized carbons (Fsp3) is 1.00. The number of ether oxygens (including phenoxy) is 2. The maximum atomic E-state index is 9.53. The fourth-order valence-electron chi connectivity index (χ4n) is 1.96. The van der Waals surface area contributed by atoms with Crippen LogP contribution in [-0.4, -0.2) is 50.2 Å². The van der Waals surface area contributed by atoms with Crippen LogP contribution in [0.3, 0.4) is 0 Å². The lowest BCUT2D eigenvalue weighted by molar-refractivity contribution is -0.0268. The van der Waals surface area contributed by atoms with Gasteiger partial charge in [0.15, 0.2) is 0 Å². The summed E-state index contributed by atoms with van der Waals surface area (Å²) in [7, 11) is 3.62. The first kappa shape index (κ1) is 14.9. The van der Waals surface area contributed by atoms with E-state index in [1.807, 2.05) is 7.05 Å². The minimum atomic E-state index is -0.239. The van der Waals surface area contributed by atoms with Gasteiger partial charge in [-0.2, -0.15) is 0 Å². The summed E-state index contributed by atoms with van der Waals surface area (Å²) < 4.78 is 11.1. The molecule has 0 aromatic rings. The molecule has 1 unspecified atom stereocenters. The molecule has 0 bridgehead atoms. The Bertz CT molecular complexity index is 223. The predicted molar refractivity (Wildman–Crippen MR) is 68.1 cm³/mol. The van der Waals surface area contributed by atoms with Crippen molar-refractivity contribution in [1.82, 2.24) is 5.32 Å². The van der Waals surface area contributed by atoms with E-state index < -0.39 is 0 Å². The SMILES string of the molecule is CNC(CO)(COCCC(C)(C)OC)C1CC1. The first-order valence-corrected chi connectivity index (χ1v) is 6.42. The third kappa shape index (κ3) is 4.21. The molecule has 0 heterocycles. The third-order valence-electron chi connectivity index (χ3n) is 3.90. The van der Waals surface area contributed by atoms with E-state index >= 15 is 0 Å². The highest BCUT2D eigenvalue weighted by molar-refractivity contribution is 5.00. The molecule has 0 spiro atoms. The number of nitrogens with one attached hydrogen (secondary N) is 1. The van der Waals surface area contributed by atoms with Crippen molar-refractivity contribution in [3.8, 4) is 0 Å². The Hall–Kier alpha value is -0.160. The number of hydrogen-bond acceptors (Lipinski definition) is 4. The van der Waals surface area contributed by atoms with Crippen LogP contribution in [0.4, 0.5) is 0 Å². The molecule has 0 saturated heterocycles. The fourth-order valence-corrected chi connectivity index (χ4v) is 1.96. The molecule has 4 heteroatoms. The van der Waals surface area contributed by atoms with E-state index in [1.54, 1.807) is 7.11 Å². The molecule has 1 saturated carbocycles. The van der Waals surface area contributed by atoms with Gasteiger partial charge in [-0.05, 0) is 46.1 Å². The van der Waals surface area contributed by atoms with Crippen LogP contribution in [0.25, 0.3) is 0 Å². The molecule has 1 aliphatic rings. The Balaban J connectivity index is 2.28. The number of aliphatic hydroxyl groups is 1. The molecule has 0 aliphatic heterocycles. The van der Waals surface area contributed by atoms with Crippen LogP contribution < -0.4 is 5.32 Å². The molecule has 1 rings (SSSR count). The highest BCUT2D eigenvalue weighted by atomic mass is 16.5. The number of likely N-dealkylation sites (N-methyl/N-ethyl adjacent to an activating group) is 1. The summed E-state index contributed by atoms with van der Waals surface area (Å²) in [5.41, 5.74) is -0.377. The van der Waals surface area contributed by atoms with Crippen molar-refractivity contribution in [1.29, 1.82) is 0 Å². The lowest BCUT2D eigenvalue weighted by atomic mass is 9.95. The summed E-state index contributed by atoms with van der Waals surface area (Å²) in [6.45, 7) is 5.48. The summed E-state index contributed by atoms with van der Waals surface area (Å²) in [6, 6.07) is 0. The van der Waals surface area contributed by atoms with Crippen molar-refractivity contribution >= 4 is 0 Å². The Morgan fingerprint density at radius 3 is 2.41 bits per heavy atom. The maximum Gasteiger partial charge on any atom is 0.0676 e. The largest absolute Gasteiger partial charge is 0.394 e. The van der Waals surface area contributed by atoms with Crippen LogP contribution in [0.15, 0.2) is 0 Å². The van der Waals surface area contributed by atoms with Gasteiger partial charge < -0.3 is 19.9 Å². The van der Waals surface area contributed by atoms with Crippen LogP contribution in [0.5, 0.6) is 0 Å². The molecule has 1 aliphatic carbocycles. The quantitative estimate of drug-likeness (QED) is 0.599. The zero-order valence-electron chi connectivity index (χ0n) is 11.6. The van der Waals surface area contributed by atoms with Crippen LogP contribution in [0.1, 0.15) is 33.1 Å². The average molecular weight is 245 g/mol. The summed E-state index contributed by atoms with van der Waals surface area (Å²) >= 11 is 0. The Morgan fingerprint density at radius 2 is 2.00 bits per heavy atom. The van der Waals surface area contributed by atoms with Crippen molar-refractivity contribution in [3.63, 3.8) is 0 Å². The van der Waals surface area contributed by atoms with E-state index in [0.717, 1.165) is 6.42 Å². The second-order valence-corrected chi connectivity index (χ2v) is 5.60. The summed E-state index contributed by atoms with van der Waals surface area (Å²) in [4.78, 5) is 0. The monoisotopic (exact) mass is 245 g/mol. The zero-order valence-corrected chi connectivity index (χ0v) is 11.6. The van der Waals surface area contributed by atoms with E-state index in [1.165, 1.54) is 12.8 Å². The second kappa shape index (κ2) is 6.14. The van der Waals surface area contributed by atoms with Crippen molar-refractivity contribution in [3.05, 3.63) is 0 Å². The number of hydrogen-bond donors (Lipinski definition) is 2. The van der Waals surface area contributed by atoms with E-state index in [0.29, 0.717) is 19.1 Å². The molecule has 102 valence electrons. The molecule has 2 N–H and O–H groups in total. The standard InChI is InChI=1S/C13H27NO3/c1-12(2,16-4)7-8-17-10-13(9-15,14-3)11-5-6-11/h11,14-15H,5-10H2,1-4H3. The minimum Gasteiger partial charge on any atom is -0.394 e. The van der Waals surface area contributed by atoms with Crippen molar-refractivity contribution < 1.29 is 14.6 Å². The van der Waals surface area contributed by atoms with Gasteiger partial charge >= 0.3 is 0 Å². The summed E-state index contributed by atoms with van der Waals surface area (Å²) in [6.07, 6.45) is 3.24. The third-order valence-corrected chi connectivity index (χ3v) is 3.90. The van der Waals surface area contributed by atoms with Crippen molar-refractivity contribution in [2.24, 2.45) is 5.92 Å². The second-order valence-electron chi connectivity index (χ2n) is 5.60. The molecule has 0 aromatic carbocycles. The Labute approximate surface area is 105 Å². The average Bonchev–Trinajstić information content (AvgIpc) is 3.15. The molecule has 0 radical (unpaired) electrons. The maximum absolute atomic E-state index is 9.53. The van der Waals surface area contributed by atoms with Crippen LogP contribution in [0.2, 0.25) is 0 Å². The Kier molecular flexibility index (Phi) is 5.38. The highest BCUT2D eigenvalue weighted by Gasteiger charge is 2.44. The highest BCUT2D eigenvalue weighted by Crippen LogP contribution is 2.39. The Morgan fingerprint density at radius 1 is 1.35 bits per heavy atom. The molecule has 17 heavy (non-hydrogen) atoms. The van der Waals surface area contributed by atoms with Crippen LogP contribution in [-0.2, 0) is 9.47 Å². The van der Waals surface area contributed by atoms with Gasteiger partial charge in [-0.3, -0.25) is 0 Å². The van der Waals surface area contributed by atoms with Gasteiger partial charge in [0.2, 0.25) is 0 Å². The van der Waals surface area contributed by atoms with Gasteiger partial charge in [0.1, 0.15) is 0 Å². The lowest BCUT2D eigenvalue weighted by Gasteiger charge is -2.32. The smallest absolute Gasteiger partial charge is 0.0676 e. The van der Waals surface area contributed by atoms with Gasteiger partial charge in [-0.15, -0.1) is 0 Å². The molecule has 0 aromatic heterocycles. The van der Waals surface area contributed by atoms with Crippen LogP contribution >= 0.6 is 0 Å². The van der Waals surface area contributed by atoms with Gasteiger partial charge in [-0.1, -0.05) is 0 Å². The normalized spacial score (nSPS) is 20.3. The molecular weight excluding hydrogens is 218 g/mol. The first-order chi connectivity index (χ1) is 7.99. The first-order valence-electron chi connectivity index (χ1n) is 6.42. The van der Waals surface area contributed by atoms with Gasteiger partial charge in [0.25, 0.3) is 0 Å². The molecular formula is C13H27NO3.